The summed E-state index contributed by atoms with van der Waals surface area (Å²) >= 11 is 6.03. The highest BCUT2D eigenvalue weighted by Gasteiger charge is 2.09. The predicted octanol–water partition coefficient (Wildman–Crippen LogP) is 4.11. The number of nitrogen functional groups attached to an aromatic ring is 1. The van der Waals surface area contributed by atoms with Crippen LogP contribution in [0, 0.1) is 0 Å². The van der Waals surface area contributed by atoms with Gasteiger partial charge in [-0.05, 0) is 42.0 Å². The van der Waals surface area contributed by atoms with Gasteiger partial charge in [0.1, 0.15) is 0 Å². The second-order valence-electron chi connectivity index (χ2n) is 5.05. The van der Waals surface area contributed by atoms with Crippen molar-refractivity contribution < 1.29 is 0 Å². The molecule has 2 aromatic carbocycles. The number of halogens is 1. The van der Waals surface area contributed by atoms with Crippen LogP contribution < -0.4 is 10.6 Å². The van der Waals surface area contributed by atoms with E-state index in [1.807, 2.05) is 49.5 Å². The topological polar surface area (TPSA) is 42.2 Å². The van der Waals surface area contributed by atoms with Crippen molar-refractivity contribution in [2.75, 3.05) is 17.7 Å². The van der Waals surface area contributed by atoms with Gasteiger partial charge >= 0.3 is 0 Å². The van der Waals surface area contributed by atoms with Gasteiger partial charge in [-0.3, -0.25) is 4.98 Å². The molecular weight excluding hydrogens is 282 g/mol. The number of nitrogens with two attached hydrogens (primary N) is 1. The standard InChI is InChI=1S/C17H16ClN3/c1-21(11-12-4-2-5-13(18)10-12)16-8-7-15-14(17(16)19)6-3-9-20-15/h2-10H,11,19H2,1H3. The van der Waals surface area contributed by atoms with Crippen molar-refractivity contribution in [1.82, 2.24) is 4.98 Å². The molecule has 1 aromatic heterocycles. The Morgan fingerprint density at radius 3 is 2.81 bits per heavy atom. The van der Waals surface area contributed by atoms with E-state index >= 15 is 0 Å². The summed E-state index contributed by atoms with van der Waals surface area (Å²) in [5.41, 5.74) is 10.1. The molecule has 3 nitrogen and oxygen atoms in total. The number of benzene rings is 2. The molecule has 0 aliphatic carbocycles. The van der Waals surface area contributed by atoms with Crippen LogP contribution in [0.4, 0.5) is 11.4 Å². The number of hydrogen-bond acceptors (Lipinski definition) is 3. The molecule has 0 aliphatic rings. The Labute approximate surface area is 129 Å². The number of anilines is 2. The van der Waals surface area contributed by atoms with Crippen molar-refractivity contribution in [1.29, 1.82) is 0 Å². The molecule has 4 heteroatoms. The lowest BCUT2D eigenvalue weighted by Crippen LogP contribution is -2.17. The highest BCUT2D eigenvalue weighted by atomic mass is 35.5. The summed E-state index contributed by atoms with van der Waals surface area (Å²) in [6.45, 7) is 0.747. The molecular formula is C17H16ClN3. The Balaban J connectivity index is 1.94. The van der Waals surface area contributed by atoms with Crippen LogP contribution in [0.1, 0.15) is 5.56 Å². The minimum Gasteiger partial charge on any atom is -0.396 e. The first-order valence-corrected chi connectivity index (χ1v) is 7.12. The van der Waals surface area contributed by atoms with Crippen molar-refractivity contribution in [3.8, 4) is 0 Å². The normalized spacial score (nSPS) is 10.8. The Bertz CT molecular complexity index is 786. The van der Waals surface area contributed by atoms with Crippen LogP contribution in [-0.2, 0) is 6.54 Å². The number of aromatic nitrogens is 1. The first kappa shape index (κ1) is 13.7. The van der Waals surface area contributed by atoms with Crippen molar-refractivity contribution in [3.63, 3.8) is 0 Å². The van der Waals surface area contributed by atoms with Gasteiger partial charge < -0.3 is 10.6 Å². The van der Waals surface area contributed by atoms with E-state index in [2.05, 4.69) is 16.0 Å². The predicted molar refractivity (Wildman–Crippen MR) is 89.7 cm³/mol. The van der Waals surface area contributed by atoms with Gasteiger partial charge in [-0.2, -0.15) is 0 Å². The van der Waals surface area contributed by atoms with Crippen LogP contribution in [0.2, 0.25) is 5.02 Å². The number of hydrogen-bond donors (Lipinski definition) is 1. The first-order chi connectivity index (χ1) is 10.1. The minimum atomic E-state index is 0.747. The smallest absolute Gasteiger partial charge is 0.0724 e. The third-order valence-electron chi connectivity index (χ3n) is 3.52. The van der Waals surface area contributed by atoms with Crippen LogP contribution in [0.25, 0.3) is 10.9 Å². The highest BCUT2D eigenvalue weighted by Crippen LogP contribution is 2.30. The molecule has 0 atom stereocenters. The first-order valence-electron chi connectivity index (χ1n) is 6.74. The zero-order valence-electron chi connectivity index (χ0n) is 11.8. The molecule has 0 bridgehead atoms. The summed E-state index contributed by atoms with van der Waals surface area (Å²) in [5.74, 6) is 0. The van der Waals surface area contributed by atoms with Gasteiger partial charge in [0.25, 0.3) is 0 Å². The van der Waals surface area contributed by atoms with Crippen molar-refractivity contribution in [2.45, 2.75) is 6.54 Å². The third-order valence-corrected chi connectivity index (χ3v) is 3.76. The Morgan fingerprint density at radius 1 is 1.14 bits per heavy atom. The SMILES string of the molecule is CN(Cc1cccc(Cl)c1)c1ccc2ncccc2c1N. The Kier molecular flexibility index (Phi) is 3.67. The molecule has 0 saturated carbocycles. The average molecular weight is 298 g/mol. The van der Waals surface area contributed by atoms with Gasteiger partial charge in [-0.25, -0.2) is 0 Å². The summed E-state index contributed by atoms with van der Waals surface area (Å²) in [7, 11) is 2.02. The maximum atomic E-state index is 6.30. The molecule has 3 rings (SSSR count). The van der Waals surface area contributed by atoms with E-state index in [4.69, 9.17) is 17.3 Å². The lowest BCUT2D eigenvalue weighted by molar-refractivity contribution is 0.926. The molecule has 0 unspecified atom stereocenters. The van der Waals surface area contributed by atoms with Gasteiger partial charge in [-0.1, -0.05) is 23.7 Å². The quantitative estimate of drug-likeness (QED) is 0.740. The molecule has 0 spiro atoms. The summed E-state index contributed by atoms with van der Waals surface area (Å²) < 4.78 is 0. The number of pyridine rings is 1. The van der Waals surface area contributed by atoms with Gasteiger partial charge in [0.15, 0.2) is 0 Å². The molecule has 21 heavy (non-hydrogen) atoms. The van der Waals surface area contributed by atoms with Gasteiger partial charge in [-0.15, -0.1) is 0 Å². The number of rotatable bonds is 3. The van der Waals surface area contributed by atoms with E-state index < -0.39 is 0 Å². The Hall–Kier alpha value is -2.26. The van der Waals surface area contributed by atoms with Crippen molar-refractivity contribution in [3.05, 3.63) is 65.3 Å². The largest absolute Gasteiger partial charge is 0.396 e. The Morgan fingerprint density at radius 2 is 2.00 bits per heavy atom. The molecule has 0 amide bonds. The molecule has 2 N–H and O–H groups in total. The van der Waals surface area contributed by atoms with Crippen LogP contribution in [0.3, 0.4) is 0 Å². The fourth-order valence-electron chi connectivity index (χ4n) is 2.49. The molecule has 1 heterocycles. The second kappa shape index (κ2) is 5.62. The van der Waals surface area contributed by atoms with Gasteiger partial charge in [0, 0.05) is 30.2 Å². The van der Waals surface area contributed by atoms with E-state index in [-0.39, 0.29) is 0 Å². The monoisotopic (exact) mass is 297 g/mol. The fourth-order valence-corrected chi connectivity index (χ4v) is 2.70. The van der Waals surface area contributed by atoms with Gasteiger partial charge in [0.2, 0.25) is 0 Å². The van der Waals surface area contributed by atoms with Crippen LogP contribution in [-0.4, -0.2) is 12.0 Å². The number of fused-ring (bicyclic) bond motifs is 1. The molecule has 0 radical (unpaired) electrons. The van der Waals surface area contributed by atoms with Crippen LogP contribution in [0.5, 0.6) is 0 Å². The maximum absolute atomic E-state index is 6.30. The van der Waals surface area contributed by atoms with Crippen molar-refractivity contribution in [2.24, 2.45) is 0 Å². The van der Waals surface area contributed by atoms with E-state index in [1.165, 1.54) is 0 Å². The van der Waals surface area contributed by atoms with E-state index in [0.29, 0.717) is 0 Å². The zero-order valence-corrected chi connectivity index (χ0v) is 12.5. The summed E-state index contributed by atoms with van der Waals surface area (Å²) in [4.78, 5) is 6.44. The molecule has 106 valence electrons. The van der Waals surface area contributed by atoms with E-state index in [1.54, 1.807) is 6.20 Å². The van der Waals surface area contributed by atoms with Crippen molar-refractivity contribution >= 4 is 33.9 Å². The lowest BCUT2D eigenvalue weighted by atomic mass is 10.1. The van der Waals surface area contributed by atoms with Gasteiger partial charge in [0.05, 0.1) is 16.9 Å². The van der Waals surface area contributed by atoms with E-state index in [9.17, 15) is 0 Å². The fraction of sp³-hybridized carbons (Fsp3) is 0.118. The lowest BCUT2D eigenvalue weighted by Gasteiger charge is -2.22. The zero-order chi connectivity index (χ0) is 14.8. The summed E-state index contributed by atoms with van der Waals surface area (Å²) in [6.07, 6.45) is 1.77. The van der Waals surface area contributed by atoms with Crippen LogP contribution in [0.15, 0.2) is 54.7 Å². The van der Waals surface area contributed by atoms with Crippen LogP contribution >= 0.6 is 11.6 Å². The third kappa shape index (κ3) is 2.78. The highest BCUT2D eigenvalue weighted by molar-refractivity contribution is 6.30. The summed E-state index contributed by atoms with van der Waals surface area (Å²) in [5, 5.41) is 1.73. The molecule has 0 fully saturated rings. The second-order valence-corrected chi connectivity index (χ2v) is 5.49. The molecule has 0 saturated heterocycles. The molecule has 3 aromatic rings. The molecule has 0 aliphatic heterocycles. The minimum absolute atomic E-state index is 0.747. The summed E-state index contributed by atoms with van der Waals surface area (Å²) in [6, 6.07) is 15.8. The van der Waals surface area contributed by atoms with E-state index in [0.717, 1.165) is 39.4 Å². The number of nitrogens with zero attached hydrogens (tertiary/aromatic N) is 2. The maximum Gasteiger partial charge on any atom is 0.0724 e. The average Bonchev–Trinajstić information content (AvgIpc) is 2.48.